The fraction of sp³-hybridized carbons (Fsp3) is 0.444. The number of benzene rings is 1. The summed E-state index contributed by atoms with van der Waals surface area (Å²) >= 11 is 0. The van der Waals surface area contributed by atoms with Gasteiger partial charge in [0, 0.05) is 38.3 Å². The van der Waals surface area contributed by atoms with Crippen molar-refractivity contribution in [2.75, 3.05) is 39.2 Å². The van der Waals surface area contributed by atoms with Crippen LogP contribution in [0.4, 0.5) is 5.95 Å². The molecule has 1 aliphatic rings. The lowest BCUT2D eigenvalue weighted by molar-refractivity contribution is 0.415. The molecule has 0 bridgehead atoms. The molecule has 1 aliphatic heterocycles. The molecule has 1 atom stereocenters. The second-order valence-electron chi connectivity index (χ2n) is 6.14. The summed E-state index contributed by atoms with van der Waals surface area (Å²) in [6, 6.07) is 8.11. The van der Waals surface area contributed by atoms with Crippen molar-refractivity contribution in [3.8, 4) is 16.9 Å². The highest BCUT2D eigenvalue weighted by Crippen LogP contribution is 2.33. The van der Waals surface area contributed by atoms with Crippen LogP contribution in [0.25, 0.3) is 11.1 Å². The number of nitrogens with zero attached hydrogens (tertiary/aromatic N) is 3. The lowest BCUT2D eigenvalue weighted by Gasteiger charge is -2.25. The first-order valence-corrected chi connectivity index (χ1v) is 8.08. The van der Waals surface area contributed by atoms with Gasteiger partial charge in [0.2, 0.25) is 5.95 Å². The second-order valence-corrected chi connectivity index (χ2v) is 6.14. The molecular weight excluding hydrogens is 288 g/mol. The number of hydrogen-bond acceptors (Lipinski definition) is 5. The topological polar surface area (TPSA) is 50.3 Å². The molecule has 0 saturated carbocycles. The predicted octanol–water partition coefficient (Wildman–Crippen LogP) is 2.69. The molecule has 122 valence electrons. The van der Waals surface area contributed by atoms with Crippen LogP contribution in [0.3, 0.4) is 0 Å². The number of ether oxygens (including phenoxy) is 1. The molecule has 0 radical (unpaired) electrons. The Balaban J connectivity index is 2.06. The van der Waals surface area contributed by atoms with Crippen LogP contribution in [-0.2, 0) is 0 Å². The Kier molecular flexibility index (Phi) is 4.76. The van der Waals surface area contributed by atoms with E-state index in [4.69, 9.17) is 9.72 Å². The van der Waals surface area contributed by atoms with Crippen LogP contribution in [0.15, 0.2) is 30.5 Å². The smallest absolute Gasteiger partial charge is 0.225 e. The predicted molar refractivity (Wildman–Crippen MR) is 93.2 cm³/mol. The van der Waals surface area contributed by atoms with Crippen molar-refractivity contribution >= 4 is 5.95 Å². The molecule has 0 aliphatic carbocycles. The SMILES string of the molecule is COc1cccc(-c2cnc(N(C)C)nc2C2CCCNC2)c1. The summed E-state index contributed by atoms with van der Waals surface area (Å²) in [5.41, 5.74) is 3.34. The molecule has 2 aromatic rings. The lowest BCUT2D eigenvalue weighted by Crippen LogP contribution is -2.29. The average Bonchev–Trinajstić information content (AvgIpc) is 2.62. The van der Waals surface area contributed by atoms with Crippen molar-refractivity contribution < 1.29 is 4.74 Å². The molecule has 1 saturated heterocycles. The van der Waals surface area contributed by atoms with E-state index in [9.17, 15) is 0 Å². The van der Waals surface area contributed by atoms with Gasteiger partial charge < -0.3 is 15.0 Å². The minimum atomic E-state index is 0.423. The summed E-state index contributed by atoms with van der Waals surface area (Å²) in [4.78, 5) is 11.3. The second kappa shape index (κ2) is 6.96. The number of rotatable bonds is 4. The number of anilines is 1. The van der Waals surface area contributed by atoms with Gasteiger partial charge in [-0.1, -0.05) is 12.1 Å². The van der Waals surface area contributed by atoms with E-state index in [2.05, 4.69) is 16.4 Å². The molecular formula is C18H24N4O. The van der Waals surface area contributed by atoms with E-state index >= 15 is 0 Å². The third-order valence-corrected chi connectivity index (χ3v) is 4.27. The van der Waals surface area contributed by atoms with Crippen LogP contribution in [0, 0.1) is 0 Å². The third-order valence-electron chi connectivity index (χ3n) is 4.27. The molecule has 5 nitrogen and oxygen atoms in total. The first-order chi connectivity index (χ1) is 11.2. The third kappa shape index (κ3) is 3.45. The van der Waals surface area contributed by atoms with Gasteiger partial charge in [0.25, 0.3) is 0 Å². The Bertz CT molecular complexity index is 666. The van der Waals surface area contributed by atoms with Crippen molar-refractivity contribution in [1.82, 2.24) is 15.3 Å². The van der Waals surface area contributed by atoms with Crippen LogP contribution < -0.4 is 15.0 Å². The number of nitrogens with one attached hydrogen (secondary N) is 1. The number of hydrogen-bond donors (Lipinski definition) is 1. The number of piperidine rings is 1. The summed E-state index contributed by atoms with van der Waals surface area (Å²) in [6.45, 7) is 2.07. The normalized spacial score (nSPS) is 17.8. The van der Waals surface area contributed by atoms with Crippen molar-refractivity contribution in [3.63, 3.8) is 0 Å². The van der Waals surface area contributed by atoms with E-state index in [-0.39, 0.29) is 0 Å². The molecule has 0 amide bonds. The van der Waals surface area contributed by atoms with E-state index in [1.807, 2.05) is 43.4 Å². The van der Waals surface area contributed by atoms with Crippen molar-refractivity contribution in [3.05, 3.63) is 36.2 Å². The summed E-state index contributed by atoms with van der Waals surface area (Å²) in [7, 11) is 5.64. The van der Waals surface area contributed by atoms with Crippen LogP contribution in [0.2, 0.25) is 0 Å². The van der Waals surface area contributed by atoms with Gasteiger partial charge in [-0.05, 0) is 37.1 Å². The van der Waals surface area contributed by atoms with Crippen LogP contribution >= 0.6 is 0 Å². The maximum Gasteiger partial charge on any atom is 0.225 e. The van der Waals surface area contributed by atoms with Crippen molar-refractivity contribution in [2.45, 2.75) is 18.8 Å². The number of aromatic nitrogens is 2. The first kappa shape index (κ1) is 15.7. The van der Waals surface area contributed by atoms with Gasteiger partial charge in [-0.2, -0.15) is 0 Å². The van der Waals surface area contributed by atoms with E-state index < -0.39 is 0 Å². The monoisotopic (exact) mass is 312 g/mol. The lowest BCUT2D eigenvalue weighted by atomic mass is 9.91. The maximum absolute atomic E-state index is 5.36. The van der Waals surface area contributed by atoms with Crippen LogP contribution in [-0.4, -0.2) is 44.3 Å². The summed E-state index contributed by atoms with van der Waals surface area (Å²) in [5.74, 6) is 2.04. The Labute approximate surface area is 137 Å². The molecule has 2 heterocycles. The van der Waals surface area contributed by atoms with E-state index in [0.29, 0.717) is 5.92 Å². The quantitative estimate of drug-likeness (QED) is 0.940. The fourth-order valence-corrected chi connectivity index (χ4v) is 3.01. The molecule has 1 aromatic carbocycles. The van der Waals surface area contributed by atoms with Gasteiger partial charge >= 0.3 is 0 Å². The van der Waals surface area contributed by atoms with E-state index in [1.165, 1.54) is 6.42 Å². The molecule has 3 rings (SSSR count). The van der Waals surface area contributed by atoms with Crippen molar-refractivity contribution in [2.24, 2.45) is 0 Å². The highest BCUT2D eigenvalue weighted by atomic mass is 16.5. The molecule has 1 aromatic heterocycles. The number of methoxy groups -OCH3 is 1. The molecule has 23 heavy (non-hydrogen) atoms. The minimum Gasteiger partial charge on any atom is -0.497 e. The largest absolute Gasteiger partial charge is 0.497 e. The van der Waals surface area contributed by atoms with Crippen LogP contribution in [0.5, 0.6) is 5.75 Å². The summed E-state index contributed by atoms with van der Waals surface area (Å²) in [6.07, 6.45) is 4.29. The summed E-state index contributed by atoms with van der Waals surface area (Å²) in [5, 5.41) is 3.48. The molecule has 0 spiro atoms. The Morgan fingerprint density at radius 1 is 1.30 bits per heavy atom. The van der Waals surface area contributed by atoms with Gasteiger partial charge in [-0.15, -0.1) is 0 Å². The van der Waals surface area contributed by atoms with Gasteiger partial charge in [-0.3, -0.25) is 0 Å². The highest BCUT2D eigenvalue weighted by molar-refractivity contribution is 5.68. The van der Waals surface area contributed by atoms with Gasteiger partial charge in [0.15, 0.2) is 0 Å². The molecule has 1 N–H and O–H groups in total. The highest BCUT2D eigenvalue weighted by Gasteiger charge is 2.22. The zero-order valence-corrected chi connectivity index (χ0v) is 14.0. The fourth-order valence-electron chi connectivity index (χ4n) is 3.01. The standard InChI is InChI=1S/C18H24N4O/c1-22(2)18-20-12-16(13-6-4-8-15(10-13)23-3)17(21-18)14-7-5-9-19-11-14/h4,6,8,10,12,14,19H,5,7,9,11H2,1-3H3. The maximum atomic E-state index is 5.36. The van der Waals surface area contributed by atoms with E-state index in [1.54, 1.807) is 7.11 Å². The van der Waals surface area contributed by atoms with Gasteiger partial charge in [0.05, 0.1) is 12.8 Å². The van der Waals surface area contributed by atoms with Crippen molar-refractivity contribution in [1.29, 1.82) is 0 Å². The first-order valence-electron chi connectivity index (χ1n) is 8.08. The molecule has 5 heteroatoms. The van der Waals surface area contributed by atoms with E-state index in [0.717, 1.165) is 48.0 Å². The Morgan fingerprint density at radius 2 is 2.17 bits per heavy atom. The average molecular weight is 312 g/mol. The minimum absolute atomic E-state index is 0.423. The van der Waals surface area contributed by atoms with Gasteiger partial charge in [-0.25, -0.2) is 9.97 Å². The Hall–Kier alpha value is -2.14. The summed E-state index contributed by atoms with van der Waals surface area (Å²) < 4.78 is 5.36. The zero-order chi connectivity index (χ0) is 16.2. The van der Waals surface area contributed by atoms with Gasteiger partial charge in [0.1, 0.15) is 5.75 Å². The molecule has 1 unspecified atom stereocenters. The Morgan fingerprint density at radius 3 is 2.87 bits per heavy atom. The van der Waals surface area contributed by atoms with Crippen LogP contribution in [0.1, 0.15) is 24.5 Å². The zero-order valence-electron chi connectivity index (χ0n) is 14.0. The molecule has 1 fully saturated rings.